The minimum absolute atomic E-state index is 0.231. The third-order valence-electron chi connectivity index (χ3n) is 2.85. The van der Waals surface area contributed by atoms with Crippen molar-refractivity contribution in [3.8, 4) is 5.75 Å². The van der Waals surface area contributed by atoms with Crippen molar-refractivity contribution in [1.82, 2.24) is 10.9 Å². The average Bonchev–Trinajstić information content (AvgIpc) is 2.52. The summed E-state index contributed by atoms with van der Waals surface area (Å²) in [5.41, 5.74) is 7.44. The van der Waals surface area contributed by atoms with Gasteiger partial charge in [0.25, 0.3) is 5.91 Å². The van der Waals surface area contributed by atoms with Crippen LogP contribution in [0.25, 0.3) is 5.70 Å². The van der Waals surface area contributed by atoms with E-state index in [0.29, 0.717) is 11.3 Å². The molecule has 0 aliphatic rings. The molecule has 0 fully saturated rings. The number of hydrogen-bond acceptors (Lipinski definition) is 3. The third-order valence-corrected chi connectivity index (χ3v) is 3.35. The first kappa shape index (κ1) is 15.1. The van der Waals surface area contributed by atoms with Crippen molar-refractivity contribution in [2.75, 3.05) is 7.11 Å². The van der Waals surface area contributed by atoms with Crippen LogP contribution in [0.4, 0.5) is 0 Å². The summed E-state index contributed by atoms with van der Waals surface area (Å²) < 4.78 is 5.94. The summed E-state index contributed by atoms with van der Waals surface area (Å²) in [6, 6.07) is 14.5. The summed E-state index contributed by atoms with van der Waals surface area (Å²) >= 11 is 3.33. The van der Waals surface area contributed by atoms with Gasteiger partial charge in [0, 0.05) is 10.0 Å². The zero-order valence-corrected chi connectivity index (χ0v) is 13.1. The van der Waals surface area contributed by atoms with Crippen molar-refractivity contribution < 1.29 is 9.53 Å². The second-order valence-corrected chi connectivity index (χ2v) is 5.21. The fourth-order valence-electron chi connectivity index (χ4n) is 1.70. The Bertz CT molecular complexity index is 654. The zero-order chi connectivity index (χ0) is 15.2. The predicted molar refractivity (Wildman–Crippen MR) is 86.8 cm³/mol. The lowest BCUT2D eigenvalue weighted by atomic mass is 10.2. The smallest absolute Gasteiger partial charge is 0.269 e. The Morgan fingerprint density at radius 3 is 2.43 bits per heavy atom. The number of methoxy groups -OCH3 is 1. The Balaban J connectivity index is 1.95. The minimum Gasteiger partial charge on any atom is -0.497 e. The maximum atomic E-state index is 12.0. The van der Waals surface area contributed by atoms with Gasteiger partial charge in [0.2, 0.25) is 0 Å². The fraction of sp³-hybridized carbons (Fsp3) is 0.0625. The molecule has 4 nitrogen and oxygen atoms in total. The molecular formula is C16H15BrN2O2. The molecule has 0 bridgehead atoms. The molecule has 0 aliphatic heterocycles. The minimum atomic E-state index is -0.231. The molecule has 0 heterocycles. The number of amides is 1. The van der Waals surface area contributed by atoms with Crippen molar-refractivity contribution in [1.29, 1.82) is 0 Å². The van der Waals surface area contributed by atoms with E-state index in [1.807, 2.05) is 30.3 Å². The molecule has 0 aliphatic carbocycles. The summed E-state index contributed by atoms with van der Waals surface area (Å²) in [4.78, 5) is 12.0. The van der Waals surface area contributed by atoms with E-state index in [9.17, 15) is 4.79 Å². The highest BCUT2D eigenvalue weighted by molar-refractivity contribution is 9.10. The number of halogens is 1. The molecular weight excluding hydrogens is 332 g/mol. The summed E-state index contributed by atoms with van der Waals surface area (Å²) in [6.07, 6.45) is 0. The van der Waals surface area contributed by atoms with Crippen LogP contribution in [0.3, 0.4) is 0 Å². The Morgan fingerprint density at radius 2 is 1.81 bits per heavy atom. The van der Waals surface area contributed by atoms with E-state index in [4.69, 9.17) is 4.74 Å². The number of ether oxygens (including phenoxy) is 1. The molecule has 2 rings (SSSR count). The first-order valence-corrected chi connectivity index (χ1v) is 7.04. The summed E-state index contributed by atoms with van der Waals surface area (Å²) in [5.74, 6) is 0.538. The normalized spacial score (nSPS) is 9.81. The highest BCUT2D eigenvalue weighted by Crippen LogP contribution is 2.15. The number of carbonyl (C=O) groups is 1. The van der Waals surface area contributed by atoms with Crippen molar-refractivity contribution in [3.63, 3.8) is 0 Å². The van der Waals surface area contributed by atoms with Crippen LogP contribution in [0, 0.1) is 0 Å². The third kappa shape index (κ3) is 4.10. The number of benzene rings is 2. The lowest BCUT2D eigenvalue weighted by Crippen LogP contribution is -2.35. The second kappa shape index (κ2) is 6.95. The molecule has 0 saturated heterocycles. The Morgan fingerprint density at radius 1 is 1.10 bits per heavy atom. The quantitative estimate of drug-likeness (QED) is 0.816. The van der Waals surface area contributed by atoms with Crippen LogP contribution in [0.5, 0.6) is 5.75 Å². The number of carbonyl (C=O) groups excluding carboxylic acids is 1. The summed E-state index contributed by atoms with van der Waals surface area (Å²) in [5, 5.41) is 0. The molecule has 0 atom stereocenters. The van der Waals surface area contributed by atoms with E-state index in [1.165, 1.54) is 0 Å². The van der Waals surface area contributed by atoms with E-state index in [2.05, 4.69) is 33.4 Å². The summed E-state index contributed by atoms with van der Waals surface area (Å²) in [7, 11) is 1.61. The standard InChI is InChI=1S/C16H15BrN2O2/c1-11(12-6-8-15(21-2)9-7-12)18-19-16(20)13-4-3-5-14(17)10-13/h3-10,18H,1H2,2H3,(H,19,20). The van der Waals surface area contributed by atoms with Gasteiger partial charge in [0.15, 0.2) is 0 Å². The highest BCUT2D eigenvalue weighted by atomic mass is 79.9. The number of hydrogen-bond donors (Lipinski definition) is 2. The molecule has 2 aromatic rings. The molecule has 0 radical (unpaired) electrons. The molecule has 21 heavy (non-hydrogen) atoms. The topological polar surface area (TPSA) is 50.4 Å². The van der Waals surface area contributed by atoms with Crippen molar-refractivity contribution in [3.05, 3.63) is 70.7 Å². The molecule has 5 heteroatoms. The van der Waals surface area contributed by atoms with Gasteiger partial charge in [-0.3, -0.25) is 15.6 Å². The van der Waals surface area contributed by atoms with Crippen LogP contribution in [0.15, 0.2) is 59.6 Å². The first-order chi connectivity index (χ1) is 10.1. The van der Waals surface area contributed by atoms with Crippen LogP contribution in [-0.4, -0.2) is 13.0 Å². The monoisotopic (exact) mass is 346 g/mol. The van der Waals surface area contributed by atoms with Gasteiger partial charge in [-0.1, -0.05) is 28.6 Å². The largest absolute Gasteiger partial charge is 0.497 e. The second-order valence-electron chi connectivity index (χ2n) is 4.30. The molecule has 2 N–H and O–H groups in total. The van der Waals surface area contributed by atoms with Gasteiger partial charge < -0.3 is 4.74 Å². The number of nitrogens with one attached hydrogen (secondary N) is 2. The van der Waals surface area contributed by atoms with Crippen molar-refractivity contribution in [2.24, 2.45) is 0 Å². The lowest BCUT2D eigenvalue weighted by Gasteiger charge is -2.12. The zero-order valence-electron chi connectivity index (χ0n) is 11.5. The van der Waals surface area contributed by atoms with Crippen molar-refractivity contribution in [2.45, 2.75) is 0 Å². The SMILES string of the molecule is C=C(NNC(=O)c1cccc(Br)c1)c1ccc(OC)cc1. The Kier molecular flexibility index (Phi) is 5.00. The van der Waals surface area contributed by atoms with Crippen LogP contribution in [0.2, 0.25) is 0 Å². The predicted octanol–water partition coefficient (Wildman–Crippen LogP) is 3.36. The lowest BCUT2D eigenvalue weighted by molar-refractivity contribution is 0.0942. The van der Waals surface area contributed by atoms with E-state index in [0.717, 1.165) is 15.8 Å². The van der Waals surface area contributed by atoms with Crippen LogP contribution in [0.1, 0.15) is 15.9 Å². The maximum Gasteiger partial charge on any atom is 0.269 e. The van der Waals surface area contributed by atoms with Crippen molar-refractivity contribution >= 4 is 27.5 Å². The molecule has 0 aromatic heterocycles. The van der Waals surface area contributed by atoms with Crippen LogP contribution < -0.4 is 15.6 Å². The van der Waals surface area contributed by atoms with E-state index >= 15 is 0 Å². The summed E-state index contributed by atoms with van der Waals surface area (Å²) in [6.45, 7) is 3.89. The molecule has 108 valence electrons. The number of hydrazine groups is 1. The maximum absolute atomic E-state index is 12.0. The molecule has 2 aromatic carbocycles. The van der Waals surface area contributed by atoms with Gasteiger partial charge in [-0.15, -0.1) is 0 Å². The Hall–Kier alpha value is -2.27. The average molecular weight is 347 g/mol. The van der Waals surface area contributed by atoms with E-state index < -0.39 is 0 Å². The van der Waals surface area contributed by atoms with Crippen LogP contribution >= 0.6 is 15.9 Å². The van der Waals surface area contributed by atoms with Gasteiger partial charge in [0.05, 0.1) is 12.8 Å². The van der Waals surface area contributed by atoms with Gasteiger partial charge >= 0.3 is 0 Å². The molecule has 0 spiro atoms. The molecule has 0 unspecified atom stereocenters. The molecule has 1 amide bonds. The fourth-order valence-corrected chi connectivity index (χ4v) is 2.10. The van der Waals surface area contributed by atoms with E-state index in [1.54, 1.807) is 25.3 Å². The highest BCUT2D eigenvalue weighted by Gasteiger charge is 2.06. The molecule has 0 saturated carbocycles. The van der Waals surface area contributed by atoms with Gasteiger partial charge in [-0.25, -0.2) is 0 Å². The van der Waals surface area contributed by atoms with Gasteiger partial charge in [-0.05, 0) is 48.0 Å². The van der Waals surface area contributed by atoms with Crippen LogP contribution in [-0.2, 0) is 0 Å². The first-order valence-electron chi connectivity index (χ1n) is 6.25. The Labute approximate surface area is 131 Å². The van der Waals surface area contributed by atoms with Gasteiger partial charge in [0.1, 0.15) is 5.75 Å². The van der Waals surface area contributed by atoms with E-state index in [-0.39, 0.29) is 5.91 Å². The number of rotatable bonds is 5. The van der Waals surface area contributed by atoms with Gasteiger partial charge in [-0.2, -0.15) is 0 Å².